The van der Waals surface area contributed by atoms with Gasteiger partial charge in [0.25, 0.3) is 0 Å². The van der Waals surface area contributed by atoms with Gasteiger partial charge in [-0.1, -0.05) is 52.3 Å². The highest BCUT2D eigenvalue weighted by Crippen LogP contribution is 2.24. The Morgan fingerprint density at radius 1 is 1.00 bits per heavy atom. The quantitative estimate of drug-likeness (QED) is 0.674. The maximum atomic E-state index is 5.98. The van der Waals surface area contributed by atoms with E-state index in [1.807, 2.05) is 42.5 Å². The van der Waals surface area contributed by atoms with E-state index in [9.17, 15) is 0 Å². The van der Waals surface area contributed by atoms with Gasteiger partial charge in [-0.25, -0.2) is 0 Å². The Morgan fingerprint density at radius 2 is 1.78 bits per heavy atom. The molecule has 0 aromatic heterocycles. The first-order valence-corrected chi connectivity index (χ1v) is 7.03. The number of benzene rings is 2. The molecule has 2 rings (SSSR count). The monoisotopic (exact) mass is 305 g/mol. The van der Waals surface area contributed by atoms with Gasteiger partial charge in [0, 0.05) is 5.33 Å². The summed E-state index contributed by atoms with van der Waals surface area (Å²) in [6.07, 6.45) is 0.975. The van der Waals surface area contributed by atoms with E-state index in [1.165, 1.54) is 5.56 Å². The van der Waals surface area contributed by atoms with Crippen LogP contribution in [0.25, 0.3) is 0 Å². The Bertz CT molecular complexity index is 499. The second kappa shape index (κ2) is 6.45. The topological polar surface area (TPSA) is 35.2 Å². The van der Waals surface area contributed by atoms with Crippen LogP contribution in [-0.2, 0) is 13.0 Å². The highest BCUT2D eigenvalue weighted by Gasteiger charge is 2.02. The Balaban J connectivity index is 2.01. The smallest absolute Gasteiger partial charge is 0.142 e. The Kier molecular flexibility index (Phi) is 4.65. The normalized spacial score (nSPS) is 10.3. The fourth-order valence-electron chi connectivity index (χ4n) is 1.73. The van der Waals surface area contributed by atoms with E-state index in [4.69, 9.17) is 10.5 Å². The van der Waals surface area contributed by atoms with Gasteiger partial charge in [0.15, 0.2) is 0 Å². The van der Waals surface area contributed by atoms with Crippen molar-refractivity contribution in [2.75, 3.05) is 11.1 Å². The number of halogens is 1. The minimum atomic E-state index is 0.544. The number of hydrogen-bond acceptors (Lipinski definition) is 2. The van der Waals surface area contributed by atoms with Crippen LogP contribution in [0.4, 0.5) is 5.69 Å². The van der Waals surface area contributed by atoms with Crippen LogP contribution in [0.3, 0.4) is 0 Å². The SMILES string of the molecule is Nc1cc(CCBr)ccc1OCc1ccccc1. The number of nitrogens with two attached hydrogens (primary N) is 1. The van der Waals surface area contributed by atoms with E-state index < -0.39 is 0 Å². The van der Waals surface area contributed by atoms with Crippen molar-refractivity contribution in [2.24, 2.45) is 0 Å². The number of ether oxygens (including phenoxy) is 1. The summed E-state index contributed by atoms with van der Waals surface area (Å²) >= 11 is 3.42. The molecule has 0 aliphatic rings. The molecule has 0 fully saturated rings. The average molecular weight is 306 g/mol. The second-order valence-corrected chi connectivity index (χ2v) is 4.88. The van der Waals surface area contributed by atoms with E-state index in [2.05, 4.69) is 22.0 Å². The van der Waals surface area contributed by atoms with Crippen molar-refractivity contribution in [3.63, 3.8) is 0 Å². The van der Waals surface area contributed by atoms with Crippen LogP contribution in [0, 0.1) is 0 Å². The van der Waals surface area contributed by atoms with Crippen LogP contribution in [-0.4, -0.2) is 5.33 Å². The summed E-state index contributed by atoms with van der Waals surface area (Å²) in [5.74, 6) is 0.747. The molecule has 0 aliphatic heterocycles. The third-order valence-corrected chi connectivity index (χ3v) is 3.09. The first kappa shape index (κ1) is 13.0. The second-order valence-electron chi connectivity index (χ2n) is 4.09. The van der Waals surface area contributed by atoms with Crippen LogP contribution < -0.4 is 10.5 Å². The molecule has 0 aliphatic carbocycles. The van der Waals surface area contributed by atoms with Gasteiger partial charge in [-0.05, 0) is 29.7 Å². The summed E-state index contributed by atoms with van der Waals surface area (Å²) in [5.41, 5.74) is 9.03. The van der Waals surface area contributed by atoms with Crippen molar-refractivity contribution in [1.82, 2.24) is 0 Å². The Hall–Kier alpha value is -1.48. The number of nitrogen functional groups attached to an aromatic ring is 1. The molecule has 0 heterocycles. The number of hydrogen-bond donors (Lipinski definition) is 1. The van der Waals surface area contributed by atoms with Crippen molar-refractivity contribution in [2.45, 2.75) is 13.0 Å². The number of aryl methyl sites for hydroxylation is 1. The number of rotatable bonds is 5. The summed E-state index contributed by atoms with van der Waals surface area (Å²) in [7, 11) is 0. The molecule has 94 valence electrons. The zero-order chi connectivity index (χ0) is 12.8. The fourth-order valence-corrected chi connectivity index (χ4v) is 2.19. The zero-order valence-electron chi connectivity index (χ0n) is 10.1. The molecular formula is C15H16BrNO. The summed E-state index contributed by atoms with van der Waals surface area (Å²) in [6, 6.07) is 16.0. The van der Waals surface area contributed by atoms with Gasteiger partial charge < -0.3 is 10.5 Å². The van der Waals surface area contributed by atoms with Crippen LogP contribution >= 0.6 is 15.9 Å². The lowest BCUT2D eigenvalue weighted by molar-refractivity contribution is 0.308. The first-order valence-electron chi connectivity index (χ1n) is 5.90. The third-order valence-electron chi connectivity index (χ3n) is 2.69. The lowest BCUT2D eigenvalue weighted by atomic mass is 10.1. The molecular weight excluding hydrogens is 290 g/mol. The zero-order valence-corrected chi connectivity index (χ0v) is 11.7. The standard InChI is InChI=1S/C15H16BrNO/c16-9-8-12-6-7-15(14(17)10-12)18-11-13-4-2-1-3-5-13/h1-7,10H,8-9,11,17H2. The van der Waals surface area contributed by atoms with Crippen molar-refractivity contribution >= 4 is 21.6 Å². The van der Waals surface area contributed by atoms with Gasteiger partial charge in [-0.2, -0.15) is 0 Å². The lowest BCUT2D eigenvalue weighted by Gasteiger charge is -2.10. The van der Waals surface area contributed by atoms with Gasteiger partial charge >= 0.3 is 0 Å². The molecule has 2 aromatic rings. The summed E-state index contributed by atoms with van der Waals surface area (Å²) in [4.78, 5) is 0. The number of anilines is 1. The third kappa shape index (κ3) is 3.50. The highest BCUT2D eigenvalue weighted by molar-refractivity contribution is 9.09. The first-order chi connectivity index (χ1) is 8.79. The van der Waals surface area contributed by atoms with Gasteiger partial charge in [0.05, 0.1) is 5.69 Å². The van der Waals surface area contributed by atoms with E-state index in [-0.39, 0.29) is 0 Å². The molecule has 2 nitrogen and oxygen atoms in total. The van der Waals surface area contributed by atoms with Gasteiger partial charge in [-0.15, -0.1) is 0 Å². The van der Waals surface area contributed by atoms with Crippen LogP contribution in [0.2, 0.25) is 0 Å². The summed E-state index contributed by atoms with van der Waals surface area (Å²) < 4.78 is 5.72. The molecule has 0 radical (unpaired) electrons. The predicted octanol–water partition coefficient (Wildman–Crippen LogP) is 3.79. The Morgan fingerprint density at radius 3 is 2.44 bits per heavy atom. The summed E-state index contributed by atoms with van der Waals surface area (Å²) in [5, 5.41) is 0.941. The predicted molar refractivity (Wildman–Crippen MR) is 79.1 cm³/mol. The van der Waals surface area contributed by atoms with Crippen LogP contribution in [0.1, 0.15) is 11.1 Å². The van der Waals surface area contributed by atoms with E-state index in [0.29, 0.717) is 12.3 Å². The maximum Gasteiger partial charge on any atom is 0.142 e. The maximum absolute atomic E-state index is 5.98. The number of alkyl halides is 1. The van der Waals surface area contributed by atoms with Crippen molar-refractivity contribution < 1.29 is 4.74 Å². The van der Waals surface area contributed by atoms with Crippen LogP contribution in [0.5, 0.6) is 5.75 Å². The molecule has 0 unspecified atom stereocenters. The molecule has 0 amide bonds. The molecule has 0 saturated heterocycles. The summed E-state index contributed by atoms with van der Waals surface area (Å²) in [6.45, 7) is 0.544. The largest absolute Gasteiger partial charge is 0.487 e. The van der Waals surface area contributed by atoms with Gasteiger partial charge in [0.2, 0.25) is 0 Å². The van der Waals surface area contributed by atoms with Crippen molar-refractivity contribution in [1.29, 1.82) is 0 Å². The lowest BCUT2D eigenvalue weighted by Crippen LogP contribution is -1.99. The van der Waals surface area contributed by atoms with Crippen molar-refractivity contribution in [3.05, 3.63) is 59.7 Å². The minimum absolute atomic E-state index is 0.544. The van der Waals surface area contributed by atoms with Crippen LogP contribution in [0.15, 0.2) is 48.5 Å². The average Bonchev–Trinajstić information content (AvgIpc) is 2.39. The van der Waals surface area contributed by atoms with E-state index in [1.54, 1.807) is 0 Å². The molecule has 0 saturated carbocycles. The molecule has 0 bridgehead atoms. The van der Waals surface area contributed by atoms with Gasteiger partial charge in [-0.3, -0.25) is 0 Å². The van der Waals surface area contributed by atoms with Crippen molar-refractivity contribution in [3.8, 4) is 5.75 Å². The molecule has 2 aromatic carbocycles. The van der Waals surface area contributed by atoms with E-state index in [0.717, 1.165) is 23.1 Å². The Labute approximate surface area is 116 Å². The minimum Gasteiger partial charge on any atom is -0.487 e. The molecule has 0 atom stereocenters. The van der Waals surface area contributed by atoms with Gasteiger partial charge in [0.1, 0.15) is 12.4 Å². The molecule has 0 spiro atoms. The molecule has 3 heteroatoms. The molecule has 18 heavy (non-hydrogen) atoms. The highest BCUT2D eigenvalue weighted by atomic mass is 79.9. The fraction of sp³-hybridized carbons (Fsp3) is 0.200. The van der Waals surface area contributed by atoms with E-state index >= 15 is 0 Å². The molecule has 2 N–H and O–H groups in total.